The molecule has 16 radical (unpaired) electrons. The molecule has 39 heteroatoms. The number of hydrogen-bond acceptors (Lipinski definition) is 25. The summed E-state index contributed by atoms with van der Waals surface area (Å²) in [6.45, 7) is 1.57. The molecule has 0 bridgehead atoms. The molecule has 2 fully saturated rings. The van der Waals surface area contributed by atoms with Crippen LogP contribution in [0.2, 0.25) is 0 Å². The fraction of sp³-hybridized carbons (Fsp3) is 0.452. The SMILES string of the molecule is COP(C)(=O)OC.[B]C(=O)CP(=O)(OC)OC.[B]C(=O)CP(=O)(OC)OC.[B]C(=O)C[C@@H](CO)c1ccccc1.[B]C(=O)N1C(=O)OC[C@@H]1Cc1ccccc1.[B]C(=O)O.[B]C(=O)OC.[B]C(=O)OC.[B]C(=O)ON1C(=O)CCC1=O. The van der Waals surface area contributed by atoms with Crippen molar-refractivity contribution in [2.75, 3.05) is 89.1 Å². The molecule has 2 N–H and O–H groups in total. The fourth-order valence-electron chi connectivity index (χ4n) is 4.63. The number of ether oxygens (including phenoxy) is 3. The summed E-state index contributed by atoms with van der Waals surface area (Å²) in [6, 6.07) is 18.7. The van der Waals surface area contributed by atoms with Crippen molar-refractivity contribution < 1.29 is 123 Å². The third-order valence-corrected chi connectivity index (χ3v) is 13.5. The number of amides is 4. The predicted molar refractivity (Wildman–Crippen MR) is 295 cm³/mol. The highest BCUT2D eigenvalue weighted by Crippen LogP contribution is 2.46. The molecule has 0 unspecified atom stereocenters. The molecule has 0 saturated carbocycles. The number of aliphatic hydroxyl groups excluding tert-OH is 1. The highest BCUT2D eigenvalue weighted by molar-refractivity contribution is 7.55. The Morgan fingerprint density at radius 1 is 0.605 bits per heavy atom. The van der Waals surface area contributed by atoms with Gasteiger partial charge in [0.15, 0.2) is 29.3 Å². The number of carbonyl (C=O) groups excluding carboxylic acids is 10. The molecule has 2 saturated heterocycles. The van der Waals surface area contributed by atoms with Gasteiger partial charge >= 0.3 is 28.9 Å². The summed E-state index contributed by atoms with van der Waals surface area (Å²) in [5, 5.41) is 16.6. The number of carboxylic acid groups (broad SMARTS) is 1. The number of methoxy groups -OCH3 is 2. The first-order chi connectivity index (χ1) is 37.5. The molecule has 4 amide bonds. The van der Waals surface area contributed by atoms with Crippen molar-refractivity contribution in [3.05, 3.63) is 71.8 Å². The van der Waals surface area contributed by atoms with E-state index in [1.165, 1.54) is 63.5 Å². The first kappa shape index (κ1) is 84.2. The lowest BCUT2D eigenvalue weighted by molar-refractivity contribution is -0.169. The van der Waals surface area contributed by atoms with E-state index in [4.69, 9.17) is 51.1 Å². The minimum Gasteiger partial charge on any atom is -0.490 e. The smallest absolute Gasteiger partial charge is 0.416 e. The third kappa shape index (κ3) is 47.7. The average molecular weight is 1190 g/mol. The monoisotopic (exact) mass is 1190 g/mol. The van der Waals surface area contributed by atoms with E-state index in [0.29, 0.717) is 11.5 Å². The topological polar surface area (TPSA) is 378 Å². The van der Waals surface area contributed by atoms with Crippen LogP contribution in [0.1, 0.15) is 36.3 Å². The van der Waals surface area contributed by atoms with E-state index in [1.54, 1.807) is 0 Å². The largest absolute Gasteiger partial charge is 0.490 e. The summed E-state index contributed by atoms with van der Waals surface area (Å²) in [5.41, 5.74) is 0.197. The van der Waals surface area contributed by atoms with Crippen LogP contribution in [0.5, 0.6) is 0 Å². The highest BCUT2D eigenvalue weighted by atomic mass is 31.2. The van der Waals surface area contributed by atoms with Crippen molar-refractivity contribution in [2.45, 2.75) is 37.6 Å². The first-order valence-electron chi connectivity index (χ1n) is 21.9. The van der Waals surface area contributed by atoms with Crippen molar-refractivity contribution in [1.29, 1.82) is 0 Å². The van der Waals surface area contributed by atoms with Crippen molar-refractivity contribution in [2.24, 2.45) is 0 Å². The van der Waals surface area contributed by atoms with Gasteiger partial charge in [-0.2, -0.15) is 0 Å². The zero-order chi connectivity index (χ0) is 64.1. The summed E-state index contributed by atoms with van der Waals surface area (Å²) in [7, 11) is 38.1. The van der Waals surface area contributed by atoms with Crippen LogP contribution in [0.4, 0.5) is 28.8 Å². The molecule has 0 spiro atoms. The number of aliphatic hydroxyl groups is 1. The molecular formula is C42H57B8N2O26P3. The number of hydrogen-bond donors (Lipinski definition) is 2. The van der Waals surface area contributed by atoms with Crippen LogP contribution in [0.15, 0.2) is 60.7 Å². The molecule has 2 atom stereocenters. The van der Waals surface area contributed by atoms with Crippen molar-refractivity contribution in [3.63, 3.8) is 0 Å². The number of carbonyl (C=O) groups is 11. The van der Waals surface area contributed by atoms with E-state index in [-0.39, 0.29) is 62.4 Å². The van der Waals surface area contributed by atoms with Crippen molar-refractivity contribution in [3.8, 4) is 0 Å². The third-order valence-electron chi connectivity index (χ3n) is 8.52. The molecular weight excluding hydrogens is 1130 g/mol. The van der Waals surface area contributed by atoms with Crippen LogP contribution in [0, 0.1) is 0 Å². The highest BCUT2D eigenvalue weighted by Gasteiger charge is 2.35. The van der Waals surface area contributed by atoms with Gasteiger partial charge in [0.2, 0.25) is 56.8 Å². The average Bonchev–Trinajstić information content (AvgIpc) is 3.94. The maximum atomic E-state index is 11.2. The van der Waals surface area contributed by atoms with E-state index < -0.39 is 81.3 Å². The van der Waals surface area contributed by atoms with Crippen LogP contribution in [0.25, 0.3) is 0 Å². The van der Waals surface area contributed by atoms with Gasteiger partial charge in [-0.25, -0.2) is 4.79 Å². The molecule has 2 aromatic rings. The Bertz CT molecular complexity index is 2320. The van der Waals surface area contributed by atoms with Gasteiger partial charge in [-0.1, -0.05) is 60.7 Å². The van der Waals surface area contributed by atoms with Crippen LogP contribution >= 0.6 is 22.8 Å². The quantitative estimate of drug-likeness (QED) is 0.0995. The zero-order valence-electron chi connectivity index (χ0n) is 45.6. The van der Waals surface area contributed by atoms with Gasteiger partial charge in [0, 0.05) is 74.5 Å². The van der Waals surface area contributed by atoms with E-state index >= 15 is 0 Å². The van der Waals surface area contributed by atoms with Crippen LogP contribution in [0.3, 0.4) is 0 Å². The summed E-state index contributed by atoms with van der Waals surface area (Å²) in [5.74, 6) is -5.98. The Morgan fingerprint density at radius 3 is 1.21 bits per heavy atom. The summed E-state index contributed by atoms with van der Waals surface area (Å²) < 4.78 is 71.7. The van der Waals surface area contributed by atoms with Crippen LogP contribution in [-0.4, -0.2) is 242 Å². The molecule has 2 aliphatic rings. The number of benzene rings is 2. The number of imide groups is 2. The lowest BCUT2D eigenvalue weighted by atomic mass is 9.88. The van der Waals surface area contributed by atoms with Gasteiger partial charge < -0.3 is 70.8 Å². The van der Waals surface area contributed by atoms with E-state index in [1.807, 2.05) is 60.7 Å². The Balaban J connectivity index is -0.000000276. The molecule has 81 heavy (non-hydrogen) atoms. The van der Waals surface area contributed by atoms with Crippen molar-refractivity contribution >= 4 is 150 Å². The number of hydroxylamine groups is 2. The van der Waals surface area contributed by atoms with Crippen LogP contribution < -0.4 is 0 Å². The predicted octanol–water partition coefficient (Wildman–Crippen LogP) is 2.65. The Hall–Kier alpha value is -5.66. The van der Waals surface area contributed by atoms with Gasteiger partial charge in [-0.15, -0.1) is 5.06 Å². The second-order valence-electron chi connectivity index (χ2n) is 14.3. The minimum absolute atomic E-state index is 0.0487. The number of nitrogens with zero attached hydrogens (tertiary/aromatic N) is 2. The minimum atomic E-state index is -3.21. The van der Waals surface area contributed by atoms with Gasteiger partial charge in [0.05, 0.1) is 56.2 Å². The van der Waals surface area contributed by atoms with Crippen LogP contribution in [-0.2, 0) is 90.3 Å². The molecule has 0 aliphatic carbocycles. The second-order valence-corrected chi connectivity index (χ2v) is 21.1. The van der Waals surface area contributed by atoms with E-state index in [2.05, 4.69) is 72.8 Å². The Morgan fingerprint density at radius 2 is 0.963 bits per heavy atom. The summed E-state index contributed by atoms with van der Waals surface area (Å²) >= 11 is 0. The molecule has 28 nitrogen and oxygen atoms in total. The maximum Gasteiger partial charge on any atom is 0.416 e. The first-order valence-corrected chi connectivity index (χ1v) is 27.3. The molecule has 430 valence electrons. The maximum absolute atomic E-state index is 11.2. The van der Waals surface area contributed by atoms with Gasteiger partial charge in [-0.3, -0.25) is 52.2 Å². The molecule has 2 aromatic carbocycles. The number of cyclic esters (lactones) is 1. The van der Waals surface area contributed by atoms with Crippen molar-refractivity contribution in [1.82, 2.24) is 9.96 Å². The molecule has 2 aliphatic heterocycles. The normalized spacial score (nSPS) is 13.2. The number of rotatable bonds is 17. The molecule has 0 aromatic heterocycles. The molecule has 2 heterocycles. The standard InChI is InChI=1S/C11H10BNO3.C10H11BO2.C5H4BNO4.2C4H8BO4P.C3H9O3P.2C2H3BO2.CHBO2/c12-10(14)13-9(7-16-11(13)15)6-8-4-2-1-3-5-8;11-10(13)6-9(7-12)8-4-2-1-3-5-8;6-5(10)11-7-3(8)1-2-4(7)9;2*1-8-10(7,9-2)3-4(5)6;1-5-7(3,4)6-2;2*1-5-2(3)4;2-1(3)4/h1-5,9H,6-7H2;1-5,9,12H,6-7H2;1-2H2;2*3H2,1-2H3;1-3H3;2*1H3;(H,3,4)/t2*9-;;;;;;;/m00......./s1. The Labute approximate surface area is 479 Å². The second kappa shape index (κ2) is 47.9. The fourth-order valence-corrected chi connectivity index (χ4v) is 6.36. The summed E-state index contributed by atoms with van der Waals surface area (Å²) in [6.07, 6.45) is -0.498. The van der Waals surface area contributed by atoms with E-state index in [0.717, 1.165) is 16.0 Å². The summed E-state index contributed by atoms with van der Waals surface area (Å²) in [4.78, 5) is 117. The Kier molecular flexibility index (Phi) is 49.8. The zero-order valence-corrected chi connectivity index (χ0v) is 48.3. The lowest BCUT2D eigenvalue weighted by Gasteiger charge is -2.18. The molecule has 4 rings (SSSR count). The van der Waals surface area contributed by atoms with Gasteiger partial charge in [0.1, 0.15) is 6.61 Å². The van der Waals surface area contributed by atoms with Gasteiger partial charge in [0.25, 0.3) is 17.7 Å². The van der Waals surface area contributed by atoms with E-state index in [9.17, 15) is 61.6 Å². The van der Waals surface area contributed by atoms with Gasteiger partial charge in [-0.05, 0) is 17.5 Å². The lowest BCUT2D eigenvalue weighted by Crippen LogP contribution is -2.39.